The lowest BCUT2D eigenvalue weighted by Crippen LogP contribution is -2.99. The van der Waals surface area contributed by atoms with Crippen molar-refractivity contribution in [3.05, 3.63) is 29.0 Å². The third kappa shape index (κ3) is 3.70. The zero-order valence-corrected chi connectivity index (χ0v) is 10.4. The first-order valence-electron chi connectivity index (χ1n) is 4.87. The van der Waals surface area contributed by atoms with Crippen LogP contribution in [0.2, 0.25) is 0 Å². The molecular weight excluding hydrogens is 258 g/mol. The zero-order valence-electron chi connectivity index (χ0n) is 9.60. The van der Waals surface area contributed by atoms with Crippen LogP contribution < -0.4 is 15.7 Å². The minimum atomic E-state index is -1.17. The van der Waals surface area contributed by atoms with E-state index in [2.05, 4.69) is 0 Å². The molecule has 8 heteroatoms. The molecule has 1 aromatic rings. The van der Waals surface area contributed by atoms with E-state index >= 15 is 0 Å². The molecule has 0 aromatic heterocycles. The number of nitrogens with two attached hydrogens (primary N) is 1. The third-order valence-corrected chi connectivity index (χ3v) is 2.83. The monoisotopic (exact) mass is 271 g/mol. The Morgan fingerprint density at radius 3 is 2.83 bits per heavy atom. The molecule has 7 nitrogen and oxygen atoms in total. The van der Waals surface area contributed by atoms with Gasteiger partial charge >= 0.3 is 0 Å². The molecule has 0 aliphatic heterocycles. The number of hydrogen-bond donors (Lipinski definition) is 4. The molecule has 0 aliphatic rings. The second-order valence-corrected chi connectivity index (χ2v) is 4.31. The maximum absolute atomic E-state index is 11.7. The number of carbonyl (C=O) groups is 1. The third-order valence-electron chi connectivity index (χ3n) is 2.11. The van der Waals surface area contributed by atoms with Gasteiger partial charge in [0.25, 0.3) is 0 Å². The molecule has 98 valence electrons. The van der Waals surface area contributed by atoms with Crippen LogP contribution in [0.5, 0.6) is 5.75 Å². The summed E-state index contributed by atoms with van der Waals surface area (Å²) in [5.41, 5.74) is 5.30. The molecule has 0 fully saturated rings. The van der Waals surface area contributed by atoms with E-state index in [-0.39, 0.29) is 33.7 Å². The summed E-state index contributed by atoms with van der Waals surface area (Å²) >= 11 is 0.891. The summed E-state index contributed by atoms with van der Waals surface area (Å²) in [4.78, 5) is 11.7. The van der Waals surface area contributed by atoms with E-state index in [0.29, 0.717) is 0 Å². The summed E-state index contributed by atoms with van der Waals surface area (Å²) in [7, 11) is 1.36. The number of ether oxygens (including phenoxy) is 1. The van der Waals surface area contributed by atoms with Gasteiger partial charge in [-0.15, -0.1) is 0 Å². The first-order valence-corrected chi connectivity index (χ1v) is 5.85. The van der Waals surface area contributed by atoms with Gasteiger partial charge in [-0.25, -0.2) is 5.21 Å². The van der Waals surface area contributed by atoms with E-state index in [1.54, 1.807) is 0 Å². The molecule has 0 saturated heterocycles. The normalized spacial score (nSPS) is 11.9. The summed E-state index contributed by atoms with van der Waals surface area (Å²) in [6.45, 7) is 0. The molecule has 1 aromatic carbocycles. The number of rotatable bonds is 5. The molecule has 0 heterocycles. The lowest BCUT2D eigenvalue weighted by atomic mass is 10.1. The molecule has 1 rings (SSSR count). The fraction of sp³-hybridized carbons (Fsp3) is 0.200. The standard InChI is InChI=1S/C10H13N3O4S/c1-17-9-3-2-6(4-7(9)13(15)16)8(14)5-18-10(11)12/h2-4,13,15H,5H2,1H3,(H3,11,12). The van der Waals surface area contributed by atoms with E-state index in [9.17, 15) is 10.0 Å². The van der Waals surface area contributed by atoms with Gasteiger partial charge in [0.05, 0.1) is 12.9 Å². The number of benzene rings is 1. The van der Waals surface area contributed by atoms with Crippen molar-refractivity contribution >= 4 is 28.4 Å². The van der Waals surface area contributed by atoms with Gasteiger partial charge in [-0.2, -0.15) is 5.23 Å². The molecule has 0 radical (unpaired) electrons. The molecule has 0 amide bonds. The first kappa shape index (κ1) is 14.5. The van der Waals surface area contributed by atoms with E-state index in [4.69, 9.17) is 21.1 Å². The summed E-state index contributed by atoms with van der Waals surface area (Å²) in [6.07, 6.45) is 0. The molecule has 0 bridgehead atoms. The molecule has 1 unspecified atom stereocenters. The number of hydrogen-bond acceptors (Lipinski definition) is 6. The van der Waals surface area contributed by atoms with Crippen LogP contribution in [-0.4, -0.2) is 29.0 Å². The van der Waals surface area contributed by atoms with Crippen molar-refractivity contribution in [1.82, 2.24) is 0 Å². The van der Waals surface area contributed by atoms with E-state index in [1.165, 1.54) is 25.3 Å². The van der Waals surface area contributed by atoms with Crippen LogP contribution in [0.4, 0.5) is 5.69 Å². The fourth-order valence-corrected chi connectivity index (χ4v) is 1.73. The Bertz CT molecular complexity index is 464. The number of ketones is 1. The SMILES string of the molecule is COc1ccc(C(=O)CSC(=N)N)cc1[NH+]([O-])O. The molecular formula is C10H13N3O4S. The number of nitrogens with one attached hydrogen (secondary N) is 2. The Kier molecular flexibility index (Phi) is 5.10. The van der Waals surface area contributed by atoms with Crippen molar-refractivity contribution in [2.45, 2.75) is 0 Å². The highest BCUT2D eigenvalue weighted by Crippen LogP contribution is 2.22. The van der Waals surface area contributed by atoms with Crippen molar-refractivity contribution in [1.29, 1.82) is 5.41 Å². The number of methoxy groups -OCH3 is 1. The van der Waals surface area contributed by atoms with Gasteiger partial charge in [-0.1, -0.05) is 11.8 Å². The summed E-state index contributed by atoms with van der Waals surface area (Å²) in [6, 6.07) is 4.16. The second-order valence-electron chi connectivity index (χ2n) is 3.30. The topological polar surface area (TPSA) is 124 Å². The Balaban J connectivity index is 2.93. The second kappa shape index (κ2) is 6.36. The number of quaternary nitrogens is 1. The van der Waals surface area contributed by atoms with Crippen LogP contribution in [0.25, 0.3) is 0 Å². The molecule has 0 spiro atoms. The average Bonchev–Trinajstić information content (AvgIpc) is 2.34. The number of amidine groups is 1. The minimum absolute atomic E-state index is 0.000715. The molecule has 18 heavy (non-hydrogen) atoms. The van der Waals surface area contributed by atoms with E-state index in [0.717, 1.165) is 11.8 Å². The Morgan fingerprint density at radius 2 is 2.33 bits per heavy atom. The molecule has 0 saturated carbocycles. The molecule has 1 atom stereocenters. The lowest BCUT2D eigenvalue weighted by Gasteiger charge is -2.15. The van der Waals surface area contributed by atoms with Gasteiger partial charge in [0.1, 0.15) is 0 Å². The van der Waals surface area contributed by atoms with Crippen LogP contribution in [0, 0.1) is 10.6 Å². The van der Waals surface area contributed by atoms with Gasteiger partial charge < -0.3 is 15.7 Å². The Labute approximate surface area is 108 Å². The molecule has 5 N–H and O–H groups in total. The number of carbonyl (C=O) groups excluding carboxylic acids is 1. The highest BCUT2D eigenvalue weighted by molar-refractivity contribution is 8.14. The van der Waals surface area contributed by atoms with E-state index in [1.807, 2.05) is 0 Å². The maximum atomic E-state index is 11.7. The predicted molar refractivity (Wildman–Crippen MR) is 67.5 cm³/mol. The average molecular weight is 271 g/mol. The van der Waals surface area contributed by atoms with E-state index < -0.39 is 5.23 Å². The fourth-order valence-electron chi connectivity index (χ4n) is 1.28. The van der Waals surface area contributed by atoms with Gasteiger partial charge in [0.15, 0.2) is 16.7 Å². The van der Waals surface area contributed by atoms with Crippen LogP contribution in [-0.2, 0) is 0 Å². The van der Waals surface area contributed by atoms with Crippen molar-refractivity contribution in [3.8, 4) is 5.75 Å². The minimum Gasteiger partial charge on any atom is -0.595 e. The summed E-state index contributed by atoms with van der Waals surface area (Å²) < 4.78 is 4.89. The first-order chi connectivity index (χ1) is 8.45. The van der Waals surface area contributed by atoms with Crippen LogP contribution in [0.15, 0.2) is 18.2 Å². The van der Waals surface area contributed by atoms with Crippen molar-refractivity contribution in [3.63, 3.8) is 0 Å². The van der Waals surface area contributed by atoms with Crippen LogP contribution in [0.3, 0.4) is 0 Å². The lowest BCUT2D eigenvalue weighted by molar-refractivity contribution is -0.991. The van der Waals surface area contributed by atoms with Gasteiger partial charge in [-0.05, 0) is 12.1 Å². The van der Waals surface area contributed by atoms with Crippen LogP contribution >= 0.6 is 11.8 Å². The summed E-state index contributed by atoms with van der Waals surface area (Å²) in [5.74, 6) is -0.0978. The van der Waals surface area contributed by atoms with Crippen LogP contribution in [0.1, 0.15) is 10.4 Å². The van der Waals surface area contributed by atoms with Crippen molar-refractivity contribution in [2.24, 2.45) is 5.73 Å². The molecule has 0 aliphatic carbocycles. The Hall–Kier alpha value is -1.61. The number of Topliss-reactive ketones (excluding diaryl/α,β-unsaturated/α-hetero) is 1. The summed E-state index contributed by atoms with van der Waals surface area (Å²) in [5, 5.41) is 25.6. The van der Waals surface area contributed by atoms with Gasteiger partial charge in [0.2, 0.25) is 5.69 Å². The number of thioether (sulfide) groups is 1. The quantitative estimate of drug-likeness (QED) is 0.257. The largest absolute Gasteiger partial charge is 0.595 e. The predicted octanol–water partition coefficient (Wildman–Crippen LogP) is -0.0920. The highest BCUT2D eigenvalue weighted by Gasteiger charge is 2.15. The van der Waals surface area contributed by atoms with Gasteiger partial charge in [-0.3, -0.25) is 10.2 Å². The smallest absolute Gasteiger partial charge is 0.206 e. The highest BCUT2D eigenvalue weighted by atomic mass is 32.2. The Morgan fingerprint density at radius 1 is 1.67 bits per heavy atom. The zero-order chi connectivity index (χ0) is 13.7. The van der Waals surface area contributed by atoms with Crippen molar-refractivity contribution in [2.75, 3.05) is 12.9 Å². The van der Waals surface area contributed by atoms with Gasteiger partial charge in [0, 0.05) is 11.6 Å². The maximum Gasteiger partial charge on any atom is 0.206 e. The van der Waals surface area contributed by atoms with Crippen molar-refractivity contribution < 1.29 is 20.0 Å².